The molecule has 1 aromatic rings. The van der Waals surface area contributed by atoms with E-state index in [1.807, 2.05) is 18.2 Å². The van der Waals surface area contributed by atoms with E-state index in [1.165, 1.54) is 0 Å². The van der Waals surface area contributed by atoms with E-state index in [9.17, 15) is 0 Å². The Morgan fingerprint density at radius 1 is 1.41 bits per heavy atom. The summed E-state index contributed by atoms with van der Waals surface area (Å²) in [5.41, 5.74) is 1.14. The van der Waals surface area contributed by atoms with Crippen LogP contribution < -0.4 is 10.1 Å². The van der Waals surface area contributed by atoms with Crippen LogP contribution >= 0.6 is 27.5 Å². The Labute approximate surface area is 116 Å². The summed E-state index contributed by atoms with van der Waals surface area (Å²) in [5, 5.41) is 3.27. The number of nitrogens with one attached hydrogen (secondary N) is 1. The molecule has 5 heteroatoms. The second kappa shape index (κ2) is 7.93. The molecule has 0 amide bonds. The van der Waals surface area contributed by atoms with Gasteiger partial charge in [0.05, 0.1) is 19.1 Å². The predicted molar refractivity (Wildman–Crippen MR) is 73.9 cm³/mol. The van der Waals surface area contributed by atoms with Crippen LogP contribution in [-0.2, 0) is 11.3 Å². The Kier molecular flexibility index (Phi) is 6.89. The molecule has 0 heterocycles. The first-order chi connectivity index (χ1) is 8.17. The average Bonchev–Trinajstić information content (AvgIpc) is 2.32. The molecule has 1 atom stereocenters. The molecule has 96 valence electrons. The number of halogens is 2. The number of alkyl halides is 1. The molecule has 0 spiro atoms. The van der Waals surface area contributed by atoms with Gasteiger partial charge >= 0.3 is 0 Å². The zero-order valence-electron chi connectivity index (χ0n) is 10.0. The monoisotopic (exact) mass is 321 g/mol. The normalized spacial score (nSPS) is 12.5. The molecule has 1 unspecified atom stereocenters. The van der Waals surface area contributed by atoms with Gasteiger partial charge in [-0.2, -0.15) is 0 Å². The van der Waals surface area contributed by atoms with Crippen LogP contribution in [0.5, 0.6) is 5.75 Å². The molecular formula is C12H17BrClNO2. The van der Waals surface area contributed by atoms with Crippen LogP contribution in [0.4, 0.5) is 0 Å². The Hall–Kier alpha value is -0.290. The quantitative estimate of drug-likeness (QED) is 0.783. The first kappa shape index (κ1) is 14.8. The number of benzene rings is 1. The molecular weight excluding hydrogens is 305 g/mol. The Morgan fingerprint density at radius 3 is 2.82 bits per heavy atom. The lowest BCUT2D eigenvalue weighted by atomic mass is 10.2. The minimum absolute atomic E-state index is 0.00983. The average molecular weight is 323 g/mol. The Morgan fingerprint density at radius 2 is 2.18 bits per heavy atom. The van der Waals surface area contributed by atoms with Gasteiger partial charge in [0.15, 0.2) is 0 Å². The molecule has 0 bridgehead atoms. The largest absolute Gasteiger partial charge is 0.497 e. The first-order valence-electron chi connectivity index (χ1n) is 5.33. The standard InChI is InChI=1S/C12H17BrClNO2/c1-16-8-10(14)7-15-6-9-5-11(17-2)3-4-12(9)13/h3-5,10,15H,6-8H2,1-2H3. The summed E-state index contributed by atoms with van der Waals surface area (Å²) in [6, 6.07) is 5.89. The summed E-state index contributed by atoms with van der Waals surface area (Å²) in [7, 11) is 3.31. The highest BCUT2D eigenvalue weighted by Gasteiger charge is 2.05. The molecule has 0 aliphatic heterocycles. The van der Waals surface area contributed by atoms with Gasteiger partial charge in [0.25, 0.3) is 0 Å². The molecule has 0 radical (unpaired) electrons. The van der Waals surface area contributed by atoms with E-state index in [0.717, 1.165) is 22.3 Å². The van der Waals surface area contributed by atoms with Crippen molar-refractivity contribution in [3.8, 4) is 5.75 Å². The highest BCUT2D eigenvalue weighted by atomic mass is 79.9. The smallest absolute Gasteiger partial charge is 0.119 e. The minimum Gasteiger partial charge on any atom is -0.497 e. The van der Waals surface area contributed by atoms with Gasteiger partial charge < -0.3 is 14.8 Å². The Balaban J connectivity index is 2.45. The van der Waals surface area contributed by atoms with Gasteiger partial charge in [0.1, 0.15) is 5.75 Å². The highest BCUT2D eigenvalue weighted by molar-refractivity contribution is 9.10. The van der Waals surface area contributed by atoms with Crippen molar-refractivity contribution in [2.45, 2.75) is 11.9 Å². The summed E-state index contributed by atoms with van der Waals surface area (Å²) < 4.78 is 11.2. The van der Waals surface area contributed by atoms with Crippen molar-refractivity contribution in [1.29, 1.82) is 0 Å². The van der Waals surface area contributed by atoms with Gasteiger partial charge in [-0.15, -0.1) is 11.6 Å². The van der Waals surface area contributed by atoms with Gasteiger partial charge in [-0.25, -0.2) is 0 Å². The fourth-order valence-corrected chi connectivity index (χ4v) is 2.04. The summed E-state index contributed by atoms with van der Waals surface area (Å²) in [6.45, 7) is 2.00. The van der Waals surface area contributed by atoms with E-state index in [1.54, 1.807) is 14.2 Å². The van der Waals surface area contributed by atoms with Crippen LogP contribution in [0.1, 0.15) is 5.56 Å². The topological polar surface area (TPSA) is 30.5 Å². The third kappa shape index (κ3) is 5.25. The lowest BCUT2D eigenvalue weighted by Crippen LogP contribution is -2.26. The van der Waals surface area contributed by atoms with Gasteiger partial charge in [-0.05, 0) is 23.8 Å². The zero-order chi connectivity index (χ0) is 12.7. The lowest BCUT2D eigenvalue weighted by molar-refractivity contribution is 0.197. The Bertz CT molecular complexity index is 349. The maximum absolute atomic E-state index is 6.02. The molecule has 0 aliphatic rings. The van der Waals surface area contributed by atoms with Crippen molar-refractivity contribution >= 4 is 27.5 Å². The maximum Gasteiger partial charge on any atom is 0.119 e. The van der Waals surface area contributed by atoms with Crippen molar-refractivity contribution < 1.29 is 9.47 Å². The van der Waals surface area contributed by atoms with Gasteiger partial charge in [-0.1, -0.05) is 15.9 Å². The van der Waals surface area contributed by atoms with Crippen LogP contribution in [0.15, 0.2) is 22.7 Å². The summed E-state index contributed by atoms with van der Waals surface area (Å²) in [5.74, 6) is 0.851. The van der Waals surface area contributed by atoms with E-state index in [4.69, 9.17) is 21.1 Å². The molecule has 17 heavy (non-hydrogen) atoms. The van der Waals surface area contributed by atoms with Crippen LogP contribution in [-0.4, -0.2) is 32.7 Å². The van der Waals surface area contributed by atoms with Crippen molar-refractivity contribution in [3.05, 3.63) is 28.2 Å². The molecule has 0 fully saturated rings. The third-order valence-corrected chi connectivity index (χ3v) is 3.34. The second-order valence-electron chi connectivity index (χ2n) is 3.64. The lowest BCUT2D eigenvalue weighted by Gasteiger charge is -2.11. The minimum atomic E-state index is -0.00983. The summed E-state index contributed by atoms with van der Waals surface area (Å²) in [6.07, 6.45) is 0. The van der Waals surface area contributed by atoms with E-state index in [0.29, 0.717) is 13.2 Å². The molecule has 1 aromatic carbocycles. The maximum atomic E-state index is 6.02. The SMILES string of the molecule is COCC(Cl)CNCc1cc(OC)ccc1Br. The molecule has 1 rings (SSSR count). The molecule has 1 N–H and O–H groups in total. The summed E-state index contributed by atoms with van der Waals surface area (Å²) >= 11 is 9.53. The second-order valence-corrected chi connectivity index (χ2v) is 5.11. The van der Waals surface area contributed by atoms with E-state index in [2.05, 4.69) is 21.2 Å². The first-order valence-corrected chi connectivity index (χ1v) is 6.56. The van der Waals surface area contributed by atoms with E-state index < -0.39 is 0 Å². The number of methoxy groups -OCH3 is 2. The van der Waals surface area contributed by atoms with Gasteiger partial charge in [0.2, 0.25) is 0 Å². The molecule has 0 aromatic heterocycles. The van der Waals surface area contributed by atoms with Crippen molar-refractivity contribution in [1.82, 2.24) is 5.32 Å². The van der Waals surface area contributed by atoms with E-state index >= 15 is 0 Å². The van der Waals surface area contributed by atoms with Crippen LogP contribution in [0.2, 0.25) is 0 Å². The highest BCUT2D eigenvalue weighted by Crippen LogP contribution is 2.22. The fourth-order valence-electron chi connectivity index (χ4n) is 1.42. The van der Waals surface area contributed by atoms with Crippen LogP contribution in [0.25, 0.3) is 0 Å². The van der Waals surface area contributed by atoms with Gasteiger partial charge in [-0.3, -0.25) is 0 Å². The number of rotatable bonds is 7. The van der Waals surface area contributed by atoms with Crippen molar-refractivity contribution in [2.24, 2.45) is 0 Å². The predicted octanol–water partition coefficient (Wildman–Crippen LogP) is 2.80. The number of ether oxygens (including phenoxy) is 2. The van der Waals surface area contributed by atoms with E-state index in [-0.39, 0.29) is 5.38 Å². The third-order valence-electron chi connectivity index (χ3n) is 2.28. The number of hydrogen-bond acceptors (Lipinski definition) is 3. The molecule has 0 saturated heterocycles. The molecule has 3 nitrogen and oxygen atoms in total. The van der Waals surface area contributed by atoms with Gasteiger partial charge in [0, 0.05) is 24.7 Å². The number of hydrogen-bond donors (Lipinski definition) is 1. The van der Waals surface area contributed by atoms with Crippen LogP contribution in [0.3, 0.4) is 0 Å². The van der Waals surface area contributed by atoms with Crippen LogP contribution in [0, 0.1) is 0 Å². The molecule has 0 aliphatic carbocycles. The van der Waals surface area contributed by atoms with Crippen molar-refractivity contribution in [2.75, 3.05) is 27.4 Å². The molecule has 0 saturated carbocycles. The summed E-state index contributed by atoms with van der Waals surface area (Å²) in [4.78, 5) is 0. The zero-order valence-corrected chi connectivity index (χ0v) is 12.3. The fraction of sp³-hybridized carbons (Fsp3) is 0.500. The van der Waals surface area contributed by atoms with Crippen molar-refractivity contribution in [3.63, 3.8) is 0 Å².